The molecule has 1 heterocycles. The fourth-order valence-electron chi connectivity index (χ4n) is 2.27. The molecule has 0 N–H and O–H groups in total. The van der Waals surface area contributed by atoms with Gasteiger partial charge in [0.2, 0.25) is 0 Å². The Balaban J connectivity index is 2.40. The number of benzene rings is 1. The van der Waals surface area contributed by atoms with Gasteiger partial charge in [0.1, 0.15) is 23.2 Å². The molecule has 152 valence electrons. The number of hydrogen-bond donors (Lipinski definition) is 0. The van der Waals surface area contributed by atoms with Crippen molar-refractivity contribution in [2.75, 3.05) is 14.2 Å². The molecule has 1 aromatic heterocycles. The Morgan fingerprint density at radius 1 is 1.14 bits per heavy atom. The predicted octanol–water partition coefficient (Wildman–Crippen LogP) is 4.47. The third kappa shape index (κ3) is 5.73. The topological polar surface area (TPSA) is 66.9 Å². The van der Waals surface area contributed by atoms with E-state index in [1.54, 1.807) is 0 Å². The Kier molecular flexibility index (Phi) is 6.66. The fourth-order valence-corrected chi connectivity index (χ4v) is 2.27. The average Bonchev–Trinajstić information content (AvgIpc) is 2.60. The number of aromatic nitrogens is 1. The van der Waals surface area contributed by atoms with E-state index in [2.05, 4.69) is 14.5 Å². The summed E-state index contributed by atoms with van der Waals surface area (Å²) in [5.74, 6) is -1.34. The van der Waals surface area contributed by atoms with E-state index in [0.29, 0.717) is 5.69 Å². The standard InChI is InChI=1S/C18H17F4NO5/c1-10(19)6-11-7-15(13(9-23-11)17(24)26-3)27-14-5-4-12(8-16(14)25-2)28-18(20,21)22/h4-5,7-10H,6H2,1-3H3. The SMILES string of the molecule is COC(=O)c1cnc(CC(C)F)cc1Oc1ccc(OC(F)(F)F)cc1OC. The summed E-state index contributed by atoms with van der Waals surface area (Å²) in [6.07, 6.45) is -4.90. The molecule has 1 aromatic carbocycles. The number of hydrogen-bond acceptors (Lipinski definition) is 6. The first-order valence-electron chi connectivity index (χ1n) is 7.96. The van der Waals surface area contributed by atoms with Gasteiger partial charge in [-0.05, 0) is 19.1 Å². The van der Waals surface area contributed by atoms with Crippen LogP contribution in [0.1, 0.15) is 23.0 Å². The summed E-state index contributed by atoms with van der Waals surface area (Å²) < 4.78 is 69.5. The van der Waals surface area contributed by atoms with Gasteiger partial charge in [-0.25, -0.2) is 9.18 Å². The van der Waals surface area contributed by atoms with E-state index in [0.717, 1.165) is 19.2 Å². The zero-order valence-corrected chi connectivity index (χ0v) is 15.2. The van der Waals surface area contributed by atoms with Crippen molar-refractivity contribution in [3.05, 3.63) is 41.7 Å². The number of ether oxygens (including phenoxy) is 4. The zero-order chi connectivity index (χ0) is 20.9. The Morgan fingerprint density at radius 2 is 1.86 bits per heavy atom. The molecule has 6 nitrogen and oxygen atoms in total. The van der Waals surface area contributed by atoms with Gasteiger partial charge in [-0.3, -0.25) is 4.98 Å². The second-order valence-electron chi connectivity index (χ2n) is 5.61. The van der Waals surface area contributed by atoms with Crippen molar-refractivity contribution >= 4 is 5.97 Å². The lowest BCUT2D eigenvalue weighted by atomic mass is 10.1. The third-order valence-corrected chi connectivity index (χ3v) is 3.41. The number of carbonyl (C=O) groups is 1. The van der Waals surface area contributed by atoms with Crippen molar-refractivity contribution in [3.8, 4) is 23.0 Å². The van der Waals surface area contributed by atoms with E-state index >= 15 is 0 Å². The normalized spacial score (nSPS) is 12.2. The predicted molar refractivity (Wildman–Crippen MR) is 89.6 cm³/mol. The molecule has 1 unspecified atom stereocenters. The number of rotatable bonds is 7. The van der Waals surface area contributed by atoms with Crippen LogP contribution in [0.4, 0.5) is 17.6 Å². The van der Waals surface area contributed by atoms with Gasteiger partial charge >= 0.3 is 12.3 Å². The second-order valence-corrected chi connectivity index (χ2v) is 5.61. The minimum absolute atomic E-state index is 0.00706. The van der Waals surface area contributed by atoms with Crippen LogP contribution in [0, 0.1) is 0 Å². The van der Waals surface area contributed by atoms with Crippen LogP contribution in [0.25, 0.3) is 0 Å². The highest BCUT2D eigenvalue weighted by atomic mass is 19.4. The van der Waals surface area contributed by atoms with E-state index in [9.17, 15) is 22.4 Å². The van der Waals surface area contributed by atoms with Gasteiger partial charge in [0.05, 0.1) is 14.2 Å². The monoisotopic (exact) mass is 403 g/mol. The van der Waals surface area contributed by atoms with Crippen LogP contribution < -0.4 is 14.2 Å². The van der Waals surface area contributed by atoms with Crippen LogP contribution in [-0.2, 0) is 11.2 Å². The molecule has 0 aliphatic carbocycles. The molecular formula is C18H17F4NO5. The summed E-state index contributed by atoms with van der Waals surface area (Å²) in [7, 11) is 2.39. The molecule has 0 saturated heterocycles. The molecule has 0 aliphatic heterocycles. The van der Waals surface area contributed by atoms with Gasteiger partial charge in [-0.2, -0.15) is 0 Å². The number of alkyl halides is 4. The number of methoxy groups -OCH3 is 2. The Bertz CT molecular complexity index is 839. The quantitative estimate of drug-likeness (QED) is 0.502. The summed E-state index contributed by atoms with van der Waals surface area (Å²) in [6, 6.07) is 4.53. The van der Waals surface area contributed by atoms with Crippen molar-refractivity contribution in [1.29, 1.82) is 0 Å². The van der Waals surface area contributed by atoms with E-state index in [1.165, 1.54) is 32.4 Å². The fraction of sp³-hybridized carbons (Fsp3) is 0.333. The van der Waals surface area contributed by atoms with Crippen molar-refractivity contribution in [2.45, 2.75) is 25.9 Å². The number of carbonyl (C=O) groups excluding carboxylic acids is 1. The molecule has 0 saturated carbocycles. The van der Waals surface area contributed by atoms with Gasteiger partial charge in [-0.1, -0.05) is 0 Å². The molecule has 0 radical (unpaired) electrons. The van der Waals surface area contributed by atoms with Gasteiger partial charge < -0.3 is 18.9 Å². The van der Waals surface area contributed by atoms with Crippen molar-refractivity contribution in [1.82, 2.24) is 4.98 Å². The minimum Gasteiger partial charge on any atom is -0.493 e. The van der Waals surface area contributed by atoms with Crippen LogP contribution in [-0.4, -0.2) is 37.7 Å². The molecule has 2 aromatic rings. The van der Waals surface area contributed by atoms with Crippen molar-refractivity contribution in [2.24, 2.45) is 0 Å². The van der Waals surface area contributed by atoms with E-state index in [4.69, 9.17) is 9.47 Å². The molecule has 28 heavy (non-hydrogen) atoms. The molecule has 10 heteroatoms. The lowest BCUT2D eigenvalue weighted by Gasteiger charge is -2.15. The number of esters is 1. The van der Waals surface area contributed by atoms with Gasteiger partial charge in [0, 0.05) is 30.4 Å². The summed E-state index contributed by atoms with van der Waals surface area (Å²) in [5.41, 5.74) is 0.268. The summed E-state index contributed by atoms with van der Waals surface area (Å²) in [6.45, 7) is 1.35. The van der Waals surface area contributed by atoms with Crippen LogP contribution >= 0.6 is 0 Å². The Labute approximate surface area is 158 Å². The first kappa shape index (κ1) is 21.3. The molecule has 2 rings (SSSR count). The van der Waals surface area contributed by atoms with E-state index in [1.807, 2.05) is 0 Å². The molecule has 0 bridgehead atoms. The smallest absolute Gasteiger partial charge is 0.493 e. The van der Waals surface area contributed by atoms with Crippen LogP contribution in [0.5, 0.6) is 23.0 Å². The minimum atomic E-state index is -4.87. The van der Waals surface area contributed by atoms with Crippen LogP contribution in [0.15, 0.2) is 30.5 Å². The van der Waals surface area contributed by atoms with Crippen molar-refractivity contribution < 1.29 is 41.3 Å². The first-order valence-corrected chi connectivity index (χ1v) is 7.96. The van der Waals surface area contributed by atoms with E-state index < -0.39 is 24.3 Å². The molecule has 0 amide bonds. The van der Waals surface area contributed by atoms with E-state index in [-0.39, 0.29) is 29.2 Å². The number of pyridine rings is 1. The molecule has 0 fully saturated rings. The number of nitrogens with zero attached hydrogens (tertiary/aromatic N) is 1. The van der Waals surface area contributed by atoms with Gasteiger partial charge in [-0.15, -0.1) is 13.2 Å². The summed E-state index contributed by atoms with van der Waals surface area (Å²) in [4.78, 5) is 15.9. The lowest BCUT2D eigenvalue weighted by molar-refractivity contribution is -0.274. The Morgan fingerprint density at radius 3 is 2.43 bits per heavy atom. The van der Waals surface area contributed by atoms with Gasteiger partial charge in [0.25, 0.3) is 0 Å². The summed E-state index contributed by atoms with van der Waals surface area (Å²) in [5, 5.41) is 0. The third-order valence-electron chi connectivity index (χ3n) is 3.41. The van der Waals surface area contributed by atoms with Crippen LogP contribution in [0.3, 0.4) is 0 Å². The highest BCUT2D eigenvalue weighted by molar-refractivity contribution is 5.92. The van der Waals surface area contributed by atoms with Crippen LogP contribution in [0.2, 0.25) is 0 Å². The second kappa shape index (κ2) is 8.77. The molecule has 1 atom stereocenters. The maximum atomic E-state index is 13.3. The average molecular weight is 403 g/mol. The zero-order valence-electron chi connectivity index (χ0n) is 15.2. The Hall–Kier alpha value is -3.04. The molecular weight excluding hydrogens is 386 g/mol. The maximum absolute atomic E-state index is 13.3. The lowest BCUT2D eigenvalue weighted by Crippen LogP contribution is -2.17. The highest BCUT2D eigenvalue weighted by Gasteiger charge is 2.31. The highest BCUT2D eigenvalue weighted by Crippen LogP contribution is 2.37. The molecule has 0 spiro atoms. The van der Waals surface area contributed by atoms with Crippen molar-refractivity contribution in [3.63, 3.8) is 0 Å². The maximum Gasteiger partial charge on any atom is 0.573 e. The molecule has 0 aliphatic rings. The first-order chi connectivity index (χ1) is 13.1. The largest absolute Gasteiger partial charge is 0.573 e. The number of halogens is 4. The summed E-state index contributed by atoms with van der Waals surface area (Å²) >= 11 is 0. The van der Waals surface area contributed by atoms with Gasteiger partial charge in [0.15, 0.2) is 11.5 Å².